The summed E-state index contributed by atoms with van der Waals surface area (Å²) in [6, 6.07) is 19.0. The van der Waals surface area contributed by atoms with Crippen LogP contribution in [0.5, 0.6) is 0 Å². The summed E-state index contributed by atoms with van der Waals surface area (Å²) in [5, 5.41) is 3.07. The van der Waals surface area contributed by atoms with E-state index in [0.29, 0.717) is 6.54 Å². The van der Waals surface area contributed by atoms with Gasteiger partial charge in [0.05, 0.1) is 6.04 Å². The van der Waals surface area contributed by atoms with Crippen LogP contribution in [-0.4, -0.2) is 24.0 Å². The van der Waals surface area contributed by atoms with E-state index in [1.807, 2.05) is 23.1 Å². The number of likely N-dealkylation sites (tertiary alicyclic amines) is 1. The molecule has 3 heteroatoms. The predicted octanol–water partition coefficient (Wildman–Crippen LogP) is 4.08. The van der Waals surface area contributed by atoms with Gasteiger partial charge in [-0.3, -0.25) is 0 Å². The molecule has 1 atom stereocenters. The fraction of sp³-hybridized carbons (Fsp3) is 0.350. The quantitative estimate of drug-likeness (QED) is 0.906. The maximum Gasteiger partial charge on any atom is 0.317 e. The summed E-state index contributed by atoms with van der Waals surface area (Å²) in [6.07, 6.45) is 3.00. The fourth-order valence-electron chi connectivity index (χ4n) is 3.29. The summed E-state index contributed by atoms with van der Waals surface area (Å²) in [6.45, 7) is 3.62. The second-order valence-electron chi connectivity index (χ2n) is 6.23. The van der Waals surface area contributed by atoms with Crippen molar-refractivity contribution in [3.63, 3.8) is 0 Å². The number of hydrogen-bond donors (Lipinski definition) is 1. The van der Waals surface area contributed by atoms with E-state index < -0.39 is 0 Å². The van der Waals surface area contributed by atoms with Crippen molar-refractivity contribution in [3.8, 4) is 0 Å². The van der Waals surface area contributed by atoms with Crippen molar-refractivity contribution >= 4 is 6.03 Å². The van der Waals surface area contributed by atoms with E-state index in [4.69, 9.17) is 0 Å². The number of aryl methyl sites for hydroxylation is 1. The van der Waals surface area contributed by atoms with Crippen molar-refractivity contribution in [1.82, 2.24) is 10.2 Å². The first-order valence-corrected chi connectivity index (χ1v) is 8.39. The summed E-state index contributed by atoms with van der Waals surface area (Å²) in [7, 11) is 0. The molecule has 0 aromatic heterocycles. The van der Waals surface area contributed by atoms with E-state index in [0.717, 1.165) is 25.8 Å². The van der Waals surface area contributed by atoms with Crippen molar-refractivity contribution in [2.75, 3.05) is 13.1 Å². The lowest BCUT2D eigenvalue weighted by atomic mass is 10.0. The molecule has 0 aliphatic carbocycles. The van der Waals surface area contributed by atoms with Gasteiger partial charge in [-0.1, -0.05) is 60.2 Å². The van der Waals surface area contributed by atoms with Gasteiger partial charge >= 0.3 is 6.03 Å². The lowest BCUT2D eigenvalue weighted by Gasteiger charge is -2.25. The average molecular weight is 308 g/mol. The molecular formula is C20H24N2O. The highest BCUT2D eigenvalue weighted by Gasteiger charge is 2.29. The molecule has 2 aromatic rings. The standard InChI is InChI=1S/C20H24N2O/c1-16-7-5-10-18(15-16)19-11-6-14-22(19)20(23)21-13-12-17-8-3-2-4-9-17/h2-5,7-10,15,19H,6,11-14H2,1H3,(H,21,23)/t19-/m1/s1. The van der Waals surface area contributed by atoms with Gasteiger partial charge in [0.25, 0.3) is 0 Å². The Labute approximate surface area is 138 Å². The van der Waals surface area contributed by atoms with Gasteiger partial charge in [0.15, 0.2) is 0 Å². The molecule has 3 nitrogen and oxygen atoms in total. The van der Waals surface area contributed by atoms with Gasteiger partial charge in [0, 0.05) is 13.1 Å². The third kappa shape index (κ3) is 3.92. The largest absolute Gasteiger partial charge is 0.338 e. The molecule has 0 unspecified atom stereocenters. The molecule has 1 heterocycles. The van der Waals surface area contributed by atoms with Crippen LogP contribution in [0, 0.1) is 6.92 Å². The fourth-order valence-corrected chi connectivity index (χ4v) is 3.29. The number of amides is 2. The first kappa shape index (κ1) is 15.6. The molecule has 0 bridgehead atoms. The monoisotopic (exact) mass is 308 g/mol. The lowest BCUT2D eigenvalue weighted by molar-refractivity contribution is 0.193. The van der Waals surface area contributed by atoms with Gasteiger partial charge < -0.3 is 10.2 Å². The minimum absolute atomic E-state index is 0.0601. The number of rotatable bonds is 4. The Kier molecular flexibility index (Phi) is 4.96. The Balaban J connectivity index is 1.58. The van der Waals surface area contributed by atoms with E-state index in [9.17, 15) is 4.79 Å². The summed E-state index contributed by atoms with van der Waals surface area (Å²) in [5.41, 5.74) is 3.75. The van der Waals surface area contributed by atoms with Crippen LogP contribution in [0.15, 0.2) is 54.6 Å². The number of carbonyl (C=O) groups is 1. The summed E-state index contributed by atoms with van der Waals surface area (Å²) in [4.78, 5) is 14.5. The van der Waals surface area contributed by atoms with Crippen LogP contribution in [0.4, 0.5) is 4.79 Å². The minimum Gasteiger partial charge on any atom is -0.338 e. The van der Waals surface area contributed by atoms with E-state index in [-0.39, 0.29) is 12.1 Å². The summed E-state index contributed by atoms with van der Waals surface area (Å²) >= 11 is 0. The van der Waals surface area contributed by atoms with E-state index in [2.05, 4.69) is 48.6 Å². The van der Waals surface area contributed by atoms with Crippen molar-refractivity contribution in [1.29, 1.82) is 0 Å². The van der Waals surface area contributed by atoms with E-state index >= 15 is 0 Å². The molecule has 1 fully saturated rings. The van der Waals surface area contributed by atoms with Gasteiger partial charge in [0.2, 0.25) is 0 Å². The average Bonchev–Trinajstić information content (AvgIpc) is 3.05. The van der Waals surface area contributed by atoms with Crippen LogP contribution < -0.4 is 5.32 Å². The molecule has 0 radical (unpaired) electrons. The summed E-state index contributed by atoms with van der Waals surface area (Å²) in [5.74, 6) is 0. The molecule has 1 aliphatic rings. The highest BCUT2D eigenvalue weighted by atomic mass is 16.2. The Bertz CT molecular complexity index is 654. The SMILES string of the molecule is Cc1cccc([C@H]2CCCN2C(=O)NCCc2ccccc2)c1. The zero-order chi connectivity index (χ0) is 16.1. The lowest BCUT2D eigenvalue weighted by Crippen LogP contribution is -2.40. The van der Waals surface area contributed by atoms with Gasteiger partial charge in [-0.2, -0.15) is 0 Å². The van der Waals surface area contributed by atoms with Crippen molar-refractivity contribution in [2.45, 2.75) is 32.2 Å². The number of benzene rings is 2. The van der Waals surface area contributed by atoms with E-state index in [1.54, 1.807) is 0 Å². The maximum absolute atomic E-state index is 12.5. The molecular weight excluding hydrogens is 284 g/mol. The number of hydrogen-bond acceptors (Lipinski definition) is 1. The first-order chi connectivity index (χ1) is 11.2. The molecule has 23 heavy (non-hydrogen) atoms. The zero-order valence-electron chi connectivity index (χ0n) is 13.7. The second kappa shape index (κ2) is 7.32. The second-order valence-corrected chi connectivity index (χ2v) is 6.23. The molecule has 2 amide bonds. The first-order valence-electron chi connectivity index (χ1n) is 8.39. The van der Waals surface area contributed by atoms with Crippen molar-refractivity contribution < 1.29 is 4.79 Å². The smallest absolute Gasteiger partial charge is 0.317 e. The van der Waals surface area contributed by atoms with Crippen LogP contribution in [-0.2, 0) is 6.42 Å². The molecule has 0 saturated carbocycles. The number of nitrogens with one attached hydrogen (secondary N) is 1. The Morgan fingerprint density at radius 1 is 1.17 bits per heavy atom. The molecule has 1 saturated heterocycles. The van der Waals surface area contributed by atoms with Gasteiger partial charge in [-0.05, 0) is 37.3 Å². The van der Waals surface area contributed by atoms with Crippen LogP contribution in [0.25, 0.3) is 0 Å². The van der Waals surface area contributed by atoms with Crippen LogP contribution in [0.2, 0.25) is 0 Å². The van der Waals surface area contributed by atoms with Gasteiger partial charge in [0.1, 0.15) is 0 Å². The van der Waals surface area contributed by atoms with Gasteiger partial charge in [-0.15, -0.1) is 0 Å². The third-order valence-corrected chi connectivity index (χ3v) is 4.47. The van der Waals surface area contributed by atoms with E-state index in [1.165, 1.54) is 16.7 Å². The van der Waals surface area contributed by atoms with Crippen LogP contribution in [0.3, 0.4) is 0 Å². The molecule has 120 valence electrons. The van der Waals surface area contributed by atoms with Crippen LogP contribution >= 0.6 is 0 Å². The molecule has 1 aliphatic heterocycles. The third-order valence-electron chi connectivity index (χ3n) is 4.47. The van der Waals surface area contributed by atoms with Crippen molar-refractivity contribution in [3.05, 3.63) is 71.3 Å². The zero-order valence-corrected chi connectivity index (χ0v) is 13.7. The number of urea groups is 1. The highest BCUT2D eigenvalue weighted by Crippen LogP contribution is 2.32. The topological polar surface area (TPSA) is 32.3 Å². The van der Waals surface area contributed by atoms with Crippen LogP contribution in [0.1, 0.15) is 35.6 Å². The molecule has 0 spiro atoms. The van der Waals surface area contributed by atoms with Gasteiger partial charge in [-0.25, -0.2) is 4.79 Å². The highest BCUT2D eigenvalue weighted by molar-refractivity contribution is 5.75. The molecule has 2 aromatic carbocycles. The Morgan fingerprint density at radius 3 is 2.78 bits per heavy atom. The van der Waals surface area contributed by atoms with Crippen molar-refractivity contribution in [2.24, 2.45) is 0 Å². The predicted molar refractivity (Wildman–Crippen MR) is 93.4 cm³/mol. The summed E-state index contributed by atoms with van der Waals surface area (Å²) < 4.78 is 0. The number of carbonyl (C=O) groups excluding carboxylic acids is 1. The normalized spacial score (nSPS) is 17.3. The Hall–Kier alpha value is -2.29. The number of nitrogens with zero attached hydrogens (tertiary/aromatic N) is 1. The Morgan fingerprint density at radius 2 is 2.00 bits per heavy atom. The minimum atomic E-state index is 0.0601. The molecule has 3 rings (SSSR count). The maximum atomic E-state index is 12.5. The molecule has 1 N–H and O–H groups in total.